The minimum atomic E-state index is -0.882. The van der Waals surface area contributed by atoms with Crippen LogP contribution in [0.1, 0.15) is 26.3 Å². The Kier molecular flexibility index (Phi) is 6.10. The molecule has 0 radical (unpaired) electrons. The highest BCUT2D eigenvalue weighted by molar-refractivity contribution is 5.93. The molecule has 32 heavy (non-hydrogen) atoms. The van der Waals surface area contributed by atoms with E-state index in [1.54, 1.807) is 6.07 Å². The summed E-state index contributed by atoms with van der Waals surface area (Å²) < 4.78 is 7.09. The van der Waals surface area contributed by atoms with Crippen LogP contribution in [0.2, 0.25) is 0 Å². The average Bonchev–Trinajstić information content (AvgIpc) is 2.80. The third-order valence-corrected chi connectivity index (χ3v) is 5.46. The Morgan fingerprint density at radius 1 is 0.906 bits per heavy atom. The summed E-state index contributed by atoms with van der Waals surface area (Å²) in [5.41, 5.74) is 2.69. The maximum atomic E-state index is 13.0. The van der Waals surface area contributed by atoms with Gasteiger partial charge in [0.05, 0.1) is 17.6 Å². The first-order valence-corrected chi connectivity index (χ1v) is 10.8. The van der Waals surface area contributed by atoms with E-state index in [9.17, 15) is 9.90 Å². The van der Waals surface area contributed by atoms with Crippen LogP contribution < -0.4 is 10.3 Å². The molecule has 0 spiro atoms. The molecule has 1 unspecified atom stereocenters. The van der Waals surface area contributed by atoms with Crippen LogP contribution in [0, 0.1) is 0 Å². The third kappa shape index (κ3) is 4.73. The van der Waals surface area contributed by atoms with E-state index in [2.05, 4.69) is 25.9 Å². The number of hydrogen-bond acceptors (Lipinski definition) is 4. The highest BCUT2D eigenvalue weighted by Gasteiger charge is 2.16. The van der Waals surface area contributed by atoms with Gasteiger partial charge in [-0.15, -0.1) is 0 Å². The Bertz CT molecular complexity index is 1260. The molecule has 0 aliphatic rings. The van der Waals surface area contributed by atoms with Crippen LogP contribution in [0.15, 0.2) is 83.7 Å². The molecule has 1 aromatic heterocycles. The third-order valence-electron chi connectivity index (χ3n) is 5.46. The fraction of sp³-hybridized carbons (Fsp3) is 0.259. The van der Waals surface area contributed by atoms with Crippen LogP contribution in [0.3, 0.4) is 0 Å². The molecule has 1 N–H and O–H groups in total. The van der Waals surface area contributed by atoms with Gasteiger partial charge in [-0.3, -0.25) is 4.79 Å². The zero-order chi connectivity index (χ0) is 22.7. The molecule has 0 aliphatic carbocycles. The molecule has 0 bridgehead atoms. The minimum absolute atomic E-state index is 0.0452. The second-order valence-corrected chi connectivity index (χ2v) is 8.99. The summed E-state index contributed by atoms with van der Waals surface area (Å²) in [4.78, 5) is 13.0. The summed E-state index contributed by atoms with van der Waals surface area (Å²) in [6.07, 6.45) is -0.882. The van der Waals surface area contributed by atoms with Crippen LogP contribution in [0.25, 0.3) is 22.0 Å². The number of rotatable bonds is 6. The molecular formula is C27H28N2O3. The van der Waals surface area contributed by atoms with Gasteiger partial charge in [0.15, 0.2) is 0 Å². The van der Waals surface area contributed by atoms with Gasteiger partial charge in [-0.05, 0) is 29.2 Å². The van der Waals surface area contributed by atoms with Crippen molar-refractivity contribution in [2.75, 3.05) is 6.61 Å². The predicted molar refractivity (Wildman–Crippen MR) is 128 cm³/mol. The number of benzene rings is 3. The molecule has 1 heterocycles. The van der Waals surface area contributed by atoms with Crippen molar-refractivity contribution in [1.82, 2.24) is 9.78 Å². The molecule has 4 aromatic rings. The van der Waals surface area contributed by atoms with E-state index >= 15 is 0 Å². The largest absolute Gasteiger partial charge is 0.491 e. The van der Waals surface area contributed by atoms with Gasteiger partial charge in [0.25, 0.3) is 5.56 Å². The zero-order valence-corrected chi connectivity index (χ0v) is 18.7. The van der Waals surface area contributed by atoms with Crippen molar-refractivity contribution in [3.8, 4) is 17.0 Å². The molecule has 0 amide bonds. The van der Waals surface area contributed by atoms with Gasteiger partial charge in [0.2, 0.25) is 0 Å². The number of aliphatic hydroxyl groups excluding tert-OH is 1. The van der Waals surface area contributed by atoms with Crippen LogP contribution in [-0.4, -0.2) is 27.6 Å². The number of fused-ring (bicyclic) bond motifs is 1. The Morgan fingerprint density at radius 3 is 2.19 bits per heavy atom. The van der Waals surface area contributed by atoms with Crippen molar-refractivity contribution in [3.05, 3.63) is 94.8 Å². The molecule has 4 rings (SSSR count). The monoisotopic (exact) mass is 428 g/mol. The predicted octanol–water partition coefficient (Wildman–Crippen LogP) is 4.80. The van der Waals surface area contributed by atoms with Crippen molar-refractivity contribution in [2.24, 2.45) is 0 Å². The van der Waals surface area contributed by atoms with E-state index in [4.69, 9.17) is 4.74 Å². The first-order chi connectivity index (χ1) is 15.3. The summed E-state index contributed by atoms with van der Waals surface area (Å²) in [5.74, 6) is 0.681. The first kappa shape index (κ1) is 21.8. The summed E-state index contributed by atoms with van der Waals surface area (Å²) in [5, 5.41) is 16.5. The SMILES string of the molecule is CC(C)(C)c1ccc(OCC(O)Cn2nc(-c3ccccc3)c3ccccc3c2=O)cc1. The Hall–Kier alpha value is -3.44. The standard InChI is InChI=1S/C27H28N2O3/c1-27(2,3)20-13-15-22(16-14-20)32-18-21(30)17-29-26(31)24-12-8-7-11-23(24)25(28-29)19-9-5-4-6-10-19/h4-16,21,30H,17-18H2,1-3H3. The molecule has 0 aliphatic heterocycles. The lowest BCUT2D eigenvalue weighted by atomic mass is 9.87. The van der Waals surface area contributed by atoms with Gasteiger partial charge in [-0.2, -0.15) is 5.10 Å². The lowest BCUT2D eigenvalue weighted by molar-refractivity contribution is 0.0882. The van der Waals surface area contributed by atoms with Crippen molar-refractivity contribution in [1.29, 1.82) is 0 Å². The maximum Gasteiger partial charge on any atom is 0.274 e. The van der Waals surface area contributed by atoms with Gasteiger partial charge in [-0.25, -0.2) is 4.68 Å². The molecule has 0 saturated carbocycles. The fourth-order valence-corrected chi connectivity index (χ4v) is 3.66. The summed E-state index contributed by atoms with van der Waals surface area (Å²) in [6.45, 7) is 6.58. The van der Waals surface area contributed by atoms with Crippen molar-refractivity contribution < 1.29 is 9.84 Å². The van der Waals surface area contributed by atoms with E-state index in [0.29, 0.717) is 16.8 Å². The molecule has 5 nitrogen and oxygen atoms in total. The average molecular weight is 429 g/mol. The topological polar surface area (TPSA) is 64.3 Å². The summed E-state index contributed by atoms with van der Waals surface area (Å²) >= 11 is 0. The van der Waals surface area contributed by atoms with Gasteiger partial charge in [0, 0.05) is 10.9 Å². The van der Waals surface area contributed by atoms with Crippen LogP contribution in [-0.2, 0) is 12.0 Å². The second kappa shape index (κ2) is 8.97. The van der Waals surface area contributed by atoms with Gasteiger partial charge in [0.1, 0.15) is 18.5 Å². The molecular weight excluding hydrogens is 400 g/mol. The number of ether oxygens (including phenoxy) is 1. The molecule has 3 aromatic carbocycles. The molecule has 1 atom stereocenters. The van der Waals surface area contributed by atoms with E-state index in [1.807, 2.05) is 72.8 Å². The van der Waals surface area contributed by atoms with Crippen molar-refractivity contribution in [2.45, 2.75) is 38.8 Å². The number of nitrogens with zero attached hydrogens (tertiary/aromatic N) is 2. The van der Waals surface area contributed by atoms with Crippen LogP contribution >= 0.6 is 0 Å². The molecule has 5 heteroatoms. The van der Waals surface area contributed by atoms with Crippen LogP contribution in [0.4, 0.5) is 0 Å². The van der Waals surface area contributed by atoms with E-state index in [-0.39, 0.29) is 24.1 Å². The molecule has 0 saturated heterocycles. The zero-order valence-electron chi connectivity index (χ0n) is 18.7. The molecule has 164 valence electrons. The highest BCUT2D eigenvalue weighted by Crippen LogP contribution is 2.25. The Balaban J connectivity index is 1.55. The number of hydrogen-bond donors (Lipinski definition) is 1. The highest BCUT2D eigenvalue weighted by atomic mass is 16.5. The van der Waals surface area contributed by atoms with E-state index < -0.39 is 6.10 Å². The van der Waals surface area contributed by atoms with Crippen molar-refractivity contribution >= 4 is 10.8 Å². The van der Waals surface area contributed by atoms with Gasteiger partial charge >= 0.3 is 0 Å². The van der Waals surface area contributed by atoms with Crippen LogP contribution in [0.5, 0.6) is 5.75 Å². The Labute approximate surface area is 187 Å². The fourth-order valence-electron chi connectivity index (χ4n) is 3.66. The molecule has 0 fully saturated rings. The van der Waals surface area contributed by atoms with E-state index in [0.717, 1.165) is 10.9 Å². The smallest absolute Gasteiger partial charge is 0.274 e. The number of aliphatic hydroxyl groups is 1. The maximum absolute atomic E-state index is 13.0. The van der Waals surface area contributed by atoms with Gasteiger partial charge < -0.3 is 9.84 Å². The normalized spacial score (nSPS) is 12.6. The lowest BCUT2D eigenvalue weighted by Gasteiger charge is -2.19. The Morgan fingerprint density at radius 2 is 1.53 bits per heavy atom. The van der Waals surface area contributed by atoms with Gasteiger partial charge in [-0.1, -0.05) is 81.4 Å². The summed E-state index contributed by atoms with van der Waals surface area (Å²) in [6, 6.07) is 25.0. The second-order valence-electron chi connectivity index (χ2n) is 8.99. The quantitative estimate of drug-likeness (QED) is 0.479. The lowest BCUT2D eigenvalue weighted by Crippen LogP contribution is -2.32. The minimum Gasteiger partial charge on any atom is -0.491 e. The van der Waals surface area contributed by atoms with Crippen molar-refractivity contribution in [3.63, 3.8) is 0 Å². The van der Waals surface area contributed by atoms with E-state index in [1.165, 1.54) is 10.2 Å². The summed E-state index contributed by atoms with van der Waals surface area (Å²) in [7, 11) is 0. The number of aromatic nitrogens is 2. The first-order valence-electron chi connectivity index (χ1n) is 10.8.